The summed E-state index contributed by atoms with van der Waals surface area (Å²) in [5, 5.41) is 14.7. The number of hydrogen-bond donors (Lipinski definition) is 3. The molecule has 0 saturated carbocycles. The van der Waals surface area contributed by atoms with E-state index in [2.05, 4.69) is 28.5 Å². The van der Waals surface area contributed by atoms with Crippen molar-refractivity contribution in [2.75, 3.05) is 39.5 Å². The second-order valence-electron chi connectivity index (χ2n) is 6.34. The quantitative estimate of drug-likeness (QED) is 0.142. The van der Waals surface area contributed by atoms with Crippen molar-refractivity contribution in [1.82, 2.24) is 10.6 Å². The summed E-state index contributed by atoms with van der Waals surface area (Å²) in [6.07, 6.45) is -0.629. The van der Waals surface area contributed by atoms with E-state index in [4.69, 9.17) is 18.9 Å². The van der Waals surface area contributed by atoms with Crippen molar-refractivity contribution in [2.45, 2.75) is 12.7 Å². The first-order chi connectivity index (χ1) is 16.3. The number of esters is 2. The van der Waals surface area contributed by atoms with Gasteiger partial charge in [0.25, 0.3) is 0 Å². The SMILES string of the molecule is C=CC(=O)OCCNC(=O)OCc1ccccc1OCC(O)COC(=O)NCCOC(=O)C=C. The van der Waals surface area contributed by atoms with E-state index in [9.17, 15) is 24.3 Å². The maximum atomic E-state index is 11.7. The molecule has 0 heterocycles. The van der Waals surface area contributed by atoms with Crippen molar-refractivity contribution >= 4 is 24.1 Å². The van der Waals surface area contributed by atoms with Crippen molar-refractivity contribution in [2.24, 2.45) is 0 Å². The molecule has 0 aliphatic rings. The maximum absolute atomic E-state index is 11.7. The normalized spacial score (nSPS) is 10.7. The Bertz CT molecular complexity index is 843. The number of rotatable bonds is 15. The molecule has 0 aliphatic heterocycles. The molecule has 0 aromatic heterocycles. The molecular weight excluding hydrogens is 452 g/mol. The molecule has 1 aromatic rings. The van der Waals surface area contributed by atoms with Crippen molar-refractivity contribution in [3.05, 3.63) is 55.1 Å². The van der Waals surface area contributed by atoms with Crippen molar-refractivity contribution < 1.29 is 48.0 Å². The molecule has 0 radical (unpaired) electrons. The first kappa shape index (κ1) is 28.0. The maximum Gasteiger partial charge on any atom is 0.407 e. The minimum absolute atomic E-state index is 0.0274. The van der Waals surface area contributed by atoms with E-state index in [0.717, 1.165) is 12.2 Å². The molecule has 0 fully saturated rings. The highest BCUT2D eigenvalue weighted by atomic mass is 16.6. The van der Waals surface area contributed by atoms with Crippen molar-refractivity contribution in [1.29, 1.82) is 0 Å². The number of nitrogens with one attached hydrogen (secondary N) is 2. The Hall–Kier alpha value is -4.06. The lowest BCUT2D eigenvalue weighted by Crippen LogP contribution is -2.32. The van der Waals surface area contributed by atoms with Crippen LogP contribution >= 0.6 is 0 Å². The average molecular weight is 480 g/mol. The molecule has 3 N–H and O–H groups in total. The number of aliphatic hydroxyl groups is 1. The number of ether oxygens (including phenoxy) is 5. The summed E-state index contributed by atoms with van der Waals surface area (Å²) < 4.78 is 24.9. The van der Waals surface area contributed by atoms with E-state index in [0.29, 0.717) is 11.3 Å². The van der Waals surface area contributed by atoms with Crippen LogP contribution in [0.3, 0.4) is 0 Å². The molecule has 1 aromatic carbocycles. The highest BCUT2D eigenvalue weighted by Gasteiger charge is 2.12. The zero-order valence-corrected chi connectivity index (χ0v) is 18.5. The molecule has 1 rings (SSSR count). The number of carbonyl (C=O) groups is 4. The summed E-state index contributed by atoms with van der Waals surface area (Å²) >= 11 is 0. The van der Waals surface area contributed by atoms with Gasteiger partial charge in [0.1, 0.15) is 44.9 Å². The Morgan fingerprint density at radius 3 is 2.00 bits per heavy atom. The first-order valence-corrected chi connectivity index (χ1v) is 10.1. The van der Waals surface area contributed by atoms with Crippen molar-refractivity contribution in [3.63, 3.8) is 0 Å². The van der Waals surface area contributed by atoms with Crippen LogP contribution in [-0.4, -0.2) is 74.9 Å². The van der Waals surface area contributed by atoms with Crippen LogP contribution in [0, 0.1) is 0 Å². The van der Waals surface area contributed by atoms with Gasteiger partial charge in [0, 0.05) is 17.7 Å². The molecule has 186 valence electrons. The second kappa shape index (κ2) is 16.6. The first-order valence-electron chi connectivity index (χ1n) is 10.1. The number of benzene rings is 1. The van der Waals surface area contributed by atoms with Gasteiger partial charge < -0.3 is 39.4 Å². The van der Waals surface area contributed by atoms with Gasteiger partial charge in [-0.05, 0) is 6.07 Å². The Balaban J connectivity index is 2.30. The van der Waals surface area contributed by atoms with Gasteiger partial charge >= 0.3 is 24.1 Å². The van der Waals surface area contributed by atoms with Gasteiger partial charge in [0.05, 0.1) is 13.1 Å². The molecule has 1 unspecified atom stereocenters. The largest absolute Gasteiger partial charge is 0.490 e. The predicted octanol–water partition coefficient (Wildman–Crippen LogP) is 0.837. The molecule has 12 nitrogen and oxygen atoms in total. The van der Waals surface area contributed by atoms with Crippen LogP contribution in [0.2, 0.25) is 0 Å². The van der Waals surface area contributed by atoms with Gasteiger partial charge in [-0.15, -0.1) is 0 Å². The lowest BCUT2D eigenvalue weighted by molar-refractivity contribution is -0.138. The molecule has 34 heavy (non-hydrogen) atoms. The van der Waals surface area contributed by atoms with Gasteiger partial charge in [-0.2, -0.15) is 0 Å². The number of hydrogen-bond acceptors (Lipinski definition) is 10. The van der Waals surface area contributed by atoms with Gasteiger partial charge in [-0.25, -0.2) is 19.2 Å². The summed E-state index contributed by atoms with van der Waals surface area (Å²) in [6, 6.07) is 6.71. The fourth-order valence-electron chi connectivity index (χ4n) is 2.14. The van der Waals surface area contributed by atoms with Crippen LogP contribution in [0.5, 0.6) is 5.75 Å². The molecule has 0 bridgehead atoms. The van der Waals surface area contributed by atoms with Crippen LogP contribution in [0.25, 0.3) is 0 Å². The van der Waals surface area contributed by atoms with E-state index < -0.39 is 30.2 Å². The van der Waals surface area contributed by atoms with E-state index in [1.807, 2.05) is 0 Å². The summed E-state index contributed by atoms with van der Waals surface area (Å²) in [6.45, 7) is 5.88. The van der Waals surface area contributed by atoms with Crippen molar-refractivity contribution in [3.8, 4) is 5.75 Å². The summed E-state index contributed by atoms with van der Waals surface area (Å²) in [5.41, 5.74) is 0.538. The Labute approximate surface area is 196 Å². The predicted molar refractivity (Wildman–Crippen MR) is 118 cm³/mol. The Morgan fingerprint density at radius 1 is 0.853 bits per heavy atom. The molecule has 12 heteroatoms. The lowest BCUT2D eigenvalue weighted by atomic mass is 10.2. The van der Waals surface area contributed by atoms with Crippen LogP contribution in [0.4, 0.5) is 9.59 Å². The molecule has 0 saturated heterocycles. The van der Waals surface area contributed by atoms with Crippen LogP contribution in [0.1, 0.15) is 5.56 Å². The third kappa shape index (κ3) is 12.7. The minimum atomic E-state index is -1.13. The summed E-state index contributed by atoms with van der Waals surface area (Å²) in [7, 11) is 0. The van der Waals surface area contributed by atoms with Gasteiger partial charge in [0.2, 0.25) is 0 Å². The standard InChI is InChI=1S/C22H28N2O10/c1-3-19(26)30-11-9-23-21(28)33-13-16-7-5-6-8-18(16)32-14-17(25)15-34-22(29)24-10-12-31-20(27)4-2/h3-8,17,25H,1-2,9-15H2,(H,23,28)(H,24,29). The lowest BCUT2D eigenvalue weighted by Gasteiger charge is -2.15. The van der Waals surface area contributed by atoms with E-state index in [1.165, 1.54) is 0 Å². The Kier molecular flexibility index (Phi) is 13.6. The third-order valence-corrected chi connectivity index (χ3v) is 3.73. The topological polar surface area (TPSA) is 159 Å². The van der Waals surface area contributed by atoms with Gasteiger partial charge in [0.15, 0.2) is 0 Å². The van der Waals surface area contributed by atoms with E-state index in [1.54, 1.807) is 24.3 Å². The second-order valence-corrected chi connectivity index (χ2v) is 6.34. The van der Waals surface area contributed by atoms with Crippen LogP contribution in [-0.2, 0) is 35.1 Å². The monoisotopic (exact) mass is 480 g/mol. The number of carbonyl (C=O) groups excluding carboxylic acids is 4. The zero-order valence-electron chi connectivity index (χ0n) is 18.5. The number of para-hydroxylation sites is 1. The van der Waals surface area contributed by atoms with E-state index >= 15 is 0 Å². The molecule has 1 atom stereocenters. The molecular formula is C22H28N2O10. The van der Waals surface area contributed by atoms with Gasteiger partial charge in [-0.1, -0.05) is 31.4 Å². The summed E-state index contributed by atoms with van der Waals surface area (Å²) in [5.74, 6) is -0.843. The fourth-order valence-corrected chi connectivity index (χ4v) is 2.14. The van der Waals surface area contributed by atoms with E-state index in [-0.39, 0.29) is 46.1 Å². The molecule has 0 spiro atoms. The molecule has 0 aliphatic carbocycles. The number of alkyl carbamates (subject to hydrolysis) is 2. The number of amides is 2. The van der Waals surface area contributed by atoms with Gasteiger partial charge in [-0.3, -0.25) is 0 Å². The smallest absolute Gasteiger partial charge is 0.407 e. The zero-order chi connectivity index (χ0) is 25.2. The highest BCUT2D eigenvalue weighted by Crippen LogP contribution is 2.19. The average Bonchev–Trinajstić information content (AvgIpc) is 2.85. The third-order valence-electron chi connectivity index (χ3n) is 3.73. The molecule has 2 amide bonds. The minimum Gasteiger partial charge on any atom is -0.490 e. The van der Waals surface area contributed by atoms with Crippen LogP contribution in [0.15, 0.2) is 49.6 Å². The van der Waals surface area contributed by atoms with Crippen LogP contribution < -0.4 is 15.4 Å². The number of aliphatic hydroxyl groups excluding tert-OH is 1. The fraction of sp³-hybridized carbons (Fsp3) is 0.364. The highest BCUT2D eigenvalue weighted by molar-refractivity contribution is 5.81. The Morgan fingerprint density at radius 2 is 1.41 bits per heavy atom. The summed E-state index contributed by atoms with van der Waals surface area (Å²) in [4.78, 5) is 45.1.